The number of carbonyl (C=O) groups excluding carboxylic acids is 1. The Labute approximate surface area is 150 Å². The van der Waals surface area contributed by atoms with E-state index in [1.165, 1.54) is 0 Å². The number of carbonyl (C=O) groups is 1. The number of guanidine groups is 1. The highest BCUT2D eigenvalue weighted by molar-refractivity contribution is 7.92. The van der Waals surface area contributed by atoms with E-state index in [0.29, 0.717) is 6.07 Å². The van der Waals surface area contributed by atoms with E-state index >= 15 is 0 Å². The van der Waals surface area contributed by atoms with Crippen LogP contribution in [0.15, 0.2) is 22.0 Å². The Morgan fingerprint density at radius 3 is 2.08 bits per heavy atom. The van der Waals surface area contributed by atoms with Crippen LogP contribution in [0.1, 0.15) is 55.1 Å². The number of nitrogens with two attached hydrogens (primary N) is 2. The minimum atomic E-state index is -4.96. The summed E-state index contributed by atoms with van der Waals surface area (Å²) in [6.07, 6.45) is -4.49. The Hall–Kier alpha value is -2.10. The molecule has 10 heteroatoms. The summed E-state index contributed by atoms with van der Waals surface area (Å²) in [4.78, 5) is 14.5. The van der Waals surface area contributed by atoms with Gasteiger partial charge in [0.2, 0.25) is 0 Å². The van der Waals surface area contributed by atoms with Crippen LogP contribution in [-0.4, -0.2) is 25.5 Å². The molecule has 0 spiro atoms. The van der Waals surface area contributed by atoms with Crippen molar-refractivity contribution < 1.29 is 26.4 Å². The number of amides is 1. The number of aryl methyl sites for hydroxylation is 1. The van der Waals surface area contributed by atoms with Crippen LogP contribution in [0.4, 0.5) is 13.2 Å². The van der Waals surface area contributed by atoms with E-state index < -0.39 is 43.6 Å². The number of rotatable bonds is 6. The van der Waals surface area contributed by atoms with Crippen LogP contribution in [0.5, 0.6) is 0 Å². The third-order valence-electron chi connectivity index (χ3n) is 4.01. The lowest BCUT2D eigenvalue weighted by molar-refractivity contribution is -0.139. The minimum Gasteiger partial charge on any atom is -0.370 e. The van der Waals surface area contributed by atoms with Crippen molar-refractivity contribution in [2.75, 3.05) is 0 Å². The standard InChI is InChI=1S/C16H22F3N3O3S/c1-4-9-7-13(26(24,25)10(5-2)6-3)12(16(17,18)19)8-11(9)14(23)22-15(20)21/h7-8,10H,4-6H2,1-3H3,(H4,20,21,22,23). The summed E-state index contributed by atoms with van der Waals surface area (Å²) in [5.74, 6) is -1.65. The predicted octanol–water partition coefficient (Wildman–Crippen LogP) is 2.64. The first-order valence-electron chi connectivity index (χ1n) is 8.01. The maximum Gasteiger partial charge on any atom is 0.417 e. The van der Waals surface area contributed by atoms with Crippen LogP contribution < -0.4 is 11.5 Å². The number of hydrogen-bond acceptors (Lipinski definition) is 3. The molecule has 0 heterocycles. The first-order chi connectivity index (χ1) is 11.9. The van der Waals surface area contributed by atoms with E-state index in [2.05, 4.69) is 4.99 Å². The number of halogens is 3. The van der Waals surface area contributed by atoms with Gasteiger partial charge in [-0.2, -0.15) is 18.2 Å². The molecule has 0 unspecified atom stereocenters. The molecule has 1 rings (SSSR count). The summed E-state index contributed by atoms with van der Waals surface area (Å²) in [5.41, 5.74) is 8.57. The third-order valence-corrected chi connectivity index (χ3v) is 6.50. The summed E-state index contributed by atoms with van der Waals surface area (Å²) in [5, 5.41) is -0.951. The fourth-order valence-corrected chi connectivity index (χ4v) is 4.68. The number of aliphatic imine (C=N–C) groups is 1. The summed E-state index contributed by atoms with van der Waals surface area (Å²) in [7, 11) is -4.23. The lowest BCUT2D eigenvalue weighted by Gasteiger charge is -2.20. The average molecular weight is 393 g/mol. The second-order valence-corrected chi connectivity index (χ2v) is 7.88. The van der Waals surface area contributed by atoms with Gasteiger partial charge in [0, 0.05) is 5.56 Å². The van der Waals surface area contributed by atoms with Gasteiger partial charge in [-0.25, -0.2) is 8.42 Å². The topological polar surface area (TPSA) is 116 Å². The molecule has 0 aliphatic carbocycles. The number of alkyl halides is 3. The summed E-state index contributed by atoms with van der Waals surface area (Å²) in [6.45, 7) is 4.77. The van der Waals surface area contributed by atoms with Gasteiger partial charge >= 0.3 is 6.18 Å². The number of sulfone groups is 1. The fraction of sp³-hybridized carbons (Fsp3) is 0.500. The summed E-state index contributed by atoms with van der Waals surface area (Å²) < 4.78 is 66.1. The zero-order valence-electron chi connectivity index (χ0n) is 14.7. The first kappa shape index (κ1) is 21.9. The van der Waals surface area contributed by atoms with Crippen molar-refractivity contribution in [1.29, 1.82) is 0 Å². The van der Waals surface area contributed by atoms with E-state index in [4.69, 9.17) is 11.5 Å². The molecule has 1 amide bonds. The lowest BCUT2D eigenvalue weighted by atomic mass is 10.0. The van der Waals surface area contributed by atoms with E-state index in [0.717, 1.165) is 6.07 Å². The monoisotopic (exact) mass is 393 g/mol. The maximum atomic E-state index is 13.5. The zero-order chi connectivity index (χ0) is 20.3. The van der Waals surface area contributed by atoms with Crippen molar-refractivity contribution in [2.24, 2.45) is 16.5 Å². The van der Waals surface area contributed by atoms with Gasteiger partial charge < -0.3 is 11.5 Å². The molecular formula is C16H22F3N3O3S. The smallest absolute Gasteiger partial charge is 0.370 e. The van der Waals surface area contributed by atoms with Crippen LogP contribution in [0.3, 0.4) is 0 Å². The van der Waals surface area contributed by atoms with Crippen molar-refractivity contribution in [3.05, 3.63) is 28.8 Å². The molecular weight excluding hydrogens is 371 g/mol. The van der Waals surface area contributed by atoms with Gasteiger partial charge in [-0.15, -0.1) is 0 Å². The van der Waals surface area contributed by atoms with Gasteiger partial charge in [0.15, 0.2) is 15.8 Å². The van der Waals surface area contributed by atoms with E-state index in [9.17, 15) is 26.4 Å². The largest absolute Gasteiger partial charge is 0.417 e. The molecule has 0 saturated carbocycles. The highest BCUT2D eigenvalue weighted by Gasteiger charge is 2.40. The normalized spacial score (nSPS) is 12.3. The Kier molecular flexibility index (Phi) is 6.81. The van der Waals surface area contributed by atoms with Gasteiger partial charge in [0.05, 0.1) is 15.7 Å². The Morgan fingerprint density at radius 1 is 1.15 bits per heavy atom. The Bertz CT molecular complexity index is 810. The van der Waals surface area contributed by atoms with Crippen LogP contribution in [-0.2, 0) is 22.4 Å². The van der Waals surface area contributed by atoms with Gasteiger partial charge in [-0.05, 0) is 37.0 Å². The molecule has 0 atom stereocenters. The molecule has 0 aliphatic heterocycles. The lowest BCUT2D eigenvalue weighted by Crippen LogP contribution is -2.26. The molecule has 26 heavy (non-hydrogen) atoms. The molecule has 0 bridgehead atoms. The number of hydrogen-bond donors (Lipinski definition) is 2. The van der Waals surface area contributed by atoms with Crippen molar-refractivity contribution in [2.45, 2.75) is 56.4 Å². The van der Waals surface area contributed by atoms with Crippen LogP contribution in [0, 0.1) is 0 Å². The van der Waals surface area contributed by atoms with Crippen molar-refractivity contribution in [1.82, 2.24) is 0 Å². The number of benzene rings is 1. The van der Waals surface area contributed by atoms with Crippen LogP contribution in [0.25, 0.3) is 0 Å². The SMILES string of the molecule is CCc1cc(S(=O)(=O)C(CC)CC)c(C(F)(F)F)cc1C(=O)N=C(N)N. The third kappa shape index (κ3) is 4.54. The van der Waals surface area contributed by atoms with Gasteiger partial charge in [0.1, 0.15) is 0 Å². The van der Waals surface area contributed by atoms with E-state index in [-0.39, 0.29) is 30.4 Å². The quantitative estimate of drug-likeness (QED) is 0.569. The highest BCUT2D eigenvalue weighted by atomic mass is 32.2. The number of nitrogens with zero attached hydrogens (tertiary/aromatic N) is 1. The molecule has 1 aromatic rings. The predicted molar refractivity (Wildman–Crippen MR) is 92.5 cm³/mol. The zero-order valence-corrected chi connectivity index (χ0v) is 15.5. The van der Waals surface area contributed by atoms with Gasteiger partial charge in [0.25, 0.3) is 5.91 Å². The summed E-state index contributed by atoms with van der Waals surface area (Å²) >= 11 is 0. The summed E-state index contributed by atoms with van der Waals surface area (Å²) in [6, 6.07) is 1.43. The van der Waals surface area contributed by atoms with Crippen LogP contribution in [0.2, 0.25) is 0 Å². The second kappa shape index (κ2) is 8.07. The average Bonchev–Trinajstić information content (AvgIpc) is 2.52. The molecule has 1 aromatic carbocycles. The molecule has 6 nitrogen and oxygen atoms in total. The van der Waals surface area contributed by atoms with Crippen LogP contribution >= 0.6 is 0 Å². The molecule has 0 aliphatic rings. The van der Waals surface area contributed by atoms with Crippen molar-refractivity contribution >= 4 is 21.7 Å². The van der Waals surface area contributed by atoms with Crippen molar-refractivity contribution in [3.8, 4) is 0 Å². The Morgan fingerprint density at radius 2 is 1.69 bits per heavy atom. The minimum absolute atomic E-state index is 0.123. The van der Waals surface area contributed by atoms with E-state index in [1.54, 1.807) is 20.8 Å². The van der Waals surface area contributed by atoms with E-state index in [1.807, 2.05) is 0 Å². The fourth-order valence-electron chi connectivity index (χ4n) is 2.65. The van der Waals surface area contributed by atoms with Crippen molar-refractivity contribution in [3.63, 3.8) is 0 Å². The maximum absolute atomic E-state index is 13.5. The molecule has 0 saturated heterocycles. The molecule has 0 fully saturated rings. The molecule has 0 radical (unpaired) electrons. The second-order valence-electron chi connectivity index (χ2n) is 5.68. The molecule has 4 N–H and O–H groups in total. The first-order valence-corrected chi connectivity index (χ1v) is 9.56. The van der Waals surface area contributed by atoms with Gasteiger partial charge in [-0.1, -0.05) is 20.8 Å². The van der Waals surface area contributed by atoms with Gasteiger partial charge in [-0.3, -0.25) is 4.79 Å². The molecule has 0 aromatic heterocycles. The molecule has 146 valence electrons. The highest BCUT2D eigenvalue weighted by Crippen LogP contribution is 2.38. The Balaban J connectivity index is 3.84.